The van der Waals surface area contributed by atoms with E-state index in [1.54, 1.807) is 24.3 Å². The second kappa shape index (κ2) is 7.11. The highest BCUT2D eigenvalue weighted by molar-refractivity contribution is 7.88. The predicted molar refractivity (Wildman–Crippen MR) is 87.0 cm³/mol. The Kier molecular flexibility index (Phi) is 5.42. The summed E-state index contributed by atoms with van der Waals surface area (Å²) in [4.78, 5) is 14.5. The van der Waals surface area contributed by atoms with Crippen molar-refractivity contribution in [1.29, 1.82) is 0 Å². The summed E-state index contributed by atoms with van der Waals surface area (Å²) in [5, 5.41) is 0. The van der Waals surface area contributed by atoms with Gasteiger partial charge < -0.3 is 10.6 Å². The van der Waals surface area contributed by atoms with Crippen LogP contribution in [0.4, 0.5) is 5.69 Å². The monoisotopic (exact) mass is 325 g/mol. The lowest BCUT2D eigenvalue weighted by Gasteiger charge is -2.36. The molecule has 3 N–H and O–H groups in total. The Balaban J connectivity index is 2.02. The standard InChI is InChI=1S/C15H23N3O3S/c1-22(20,21)17-10-9-14-4-2-3-11-18(14)15(19)12-5-7-13(16)8-6-12/h5-8,14,17H,2-4,9-11,16H2,1H3. The summed E-state index contributed by atoms with van der Waals surface area (Å²) in [6, 6.07) is 6.98. The number of amides is 1. The number of carbonyl (C=O) groups excluding carboxylic acids is 1. The van der Waals surface area contributed by atoms with Crippen molar-refractivity contribution in [2.24, 2.45) is 0 Å². The number of nitrogens with one attached hydrogen (secondary N) is 1. The zero-order chi connectivity index (χ0) is 16.2. The van der Waals surface area contributed by atoms with Crippen molar-refractivity contribution in [3.63, 3.8) is 0 Å². The Morgan fingerprint density at radius 1 is 1.32 bits per heavy atom. The Morgan fingerprint density at radius 3 is 2.64 bits per heavy atom. The van der Waals surface area contributed by atoms with Gasteiger partial charge in [-0.2, -0.15) is 0 Å². The second-order valence-electron chi connectivity index (χ2n) is 5.73. The zero-order valence-corrected chi connectivity index (χ0v) is 13.6. The molecule has 2 rings (SSSR count). The average molecular weight is 325 g/mol. The quantitative estimate of drug-likeness (QED) is 0.796. The average Bonchev–Trinajstić information content (AvgIpc) is 2.46. The van der Waals surface area contributed by atoms with Crippen molar-refractivity contribution in [3.8, 4) is 0 Å². The Labute approximate surface area is 131 Å². The molecule has 22 heavy (non-hydrogen) atoms. The van der Waals surface area contributed by atoms with Gasteiger partial charge in [0.1, 0.15) is 0 Å². The Bertz CT molecular complexity index is 613. The van der Waals surface area contributed by atoms with Crippen LogP contribution in [0, 0.1) is 0 Å². The van der Waals surface area contributed by atoms with Gasteiger partial charge in [0.05, 0.1) is 6.26 Å². The van der Waals surface area contributed by atoms with Crippen LogP contribution in [0.15, 0.2) is 24.3 Å². The maximum absolute atomic E-state index is 12.6. The molecule has 1 aliphatic rings. The minimum absolute atomic E-state index is 0.0101. The summed E-state index contributed by atoms with van der Waals surface area (Å²) < 4.78 is 24.8. The molecule has 7 heteroatoms. The maximum atomic E-state index is 12.6. The first kappa shape index (κ1) is 16.8. The number of nitrogen functional groups attached to an aromatic ring is 1. The number of likely N-dealkylation sites (tertiary alicyclic amines) is 1. The molecule has 1 atom stereocenters. The maximum Gasteiger partial charge on any atom is 0.254 e. The van der Waals surface area contributed by atoms with Crippen molar-refractivity contribution in [2.45, 2.75) is 31.7 Å². The first-order valence-electron chi connectivity index (χ1n) is 7.48. The lowest BCUT2D eigenvalue weighted by molar-refractivity contribution is 0.0604. The molecule has 1 aromatic carbocycles. The van der Waals surface area contributed by atoms with Crippen molar-refractivity contribution < 1.29 is 13.2 Å². The van der Waals surface area contributed by atoms with Crippen LogP contribution in [0.3, 0.4) is 0 Å². The third-order valence-electron chi connectivity index (χ3n) is 3.89. The van der Waals surface area contributed by atoms with E-state index in [2.05, 4.69) is 4.72 Å². The summed E-state index contributed by atoms with van der Waals surface area (Å²) in [7, 11) is -3.19. The number of carbonyl (C=O) groups is 1. The molecule has 1 saturated heterocycles. The highest BCUT2D eigenvalue weighted by atomic mass is 32.2. The molecule has 0 saturated carbocycles. The van der Waals surface area contributed by atoms with Crippen LogP contribution in [-0.2, 0) is 10.0 Å². The number of rotatable bonds is 5. The van der Waals surface area contributed by atoms with Crippen molar-refractivity contribution in [3.05, 3.63) is 29.8 Å². The van der Waals surface area contributed by atoms with Crippen LogP contribution >= 0.6 is 0 Å². The fourth-order valence-corrected chi connectivity index (χ4v) is 3.26. The number of hydrogen-bond acceptors (Lipinski definition) is 4. The SMILES string of the molecule is CS(=O)(=O)NCCC1CCCCN1C(=O)c1ccc(N)cc1. The van der Waals surface area contributed by atoms with Gasteiger partial charge in [-0.3, -0.25) is 4.79 Å². The lowest BCUT2D eigenvalue weighted by atomic mass is 9.98. The summed E-state index contributed by atoms with van der Waals surface area (Å²) >= 11 is 0. The van der Waals surface area contributed by atoms with Gasteiger partial charge >= 0.3 is 0 Å². The van der Waals surface area contributed by atoms with Crippen molar-refractivity contribution in [1.82, 2.24) is 9.62 Å². The van der Waals surface area contributed by atoms with Gasteiger partial charge in [0.25, 0.3) is 5.91 Å². The number of sulfonamides is 1. The van der Waals surface area contributed by atoms with Crippen molar-refractivity contribution in [2.75, 3.05) is 25.1 Å². The van der Waals surface area contributed by atoms with E-state index in [1.165, 1.54) is 0 Å². The number of nitrogens with two attached hydrogens (primary N) is 1. The molecule has 1 amide bonds. The zero-order valence-electron chi connectivity index (χ0n) is 12.8. The van der Waals surface area contributed by atoms with Crippen LogP contribution in [0.2, 0.25) is 0 Å². The largest absolute Gasteiger partial charge is 0.399 e. The summed E-state index contributed by atoms with van der Waals surface area (Å²) in [6.45, 7) is 1.07. The van der Waals surface area contributed by atoms with E-state index in [0.29, 0.717) is 30.8 Å². The third kappa shape index (κ3) is 4.71. The van der Waals surface area contributed by atoms with E-state index in [0.717, 1.165) is 25.5 Å². The first-order valence-corrected chi connectivity index (χ1v) is 9.37. The molecule has 1 heterocycles. The molecule has 1 unspecified atom stereocenters. The van der Waals surface area contributed by atoms with E-state index < -0.39 is 10.0 Å². The molecule has 1 aliphatic heterocycles. The number of nitrogens with zero attached hydrogens (tertiary/aromatic N) is 1. The molecular weight excluding hydrogens is 302 g/mol. The van der Waals surface area contributed by atoms with Crippen LogP contribution in [0.25, 0.3) is 0 Å². The minimum atomic E-state index is -3.19. The van der Waals surface area contributed by atoms with Gasteiger partial charge in [-0.25, -0.2) is 13.1 Å². The Morgan fingerprint density at radius 2 is 2.00 bits per heavy atom. The van der Waals surface area contributed by atoms with Gasteiger partial charge in [0.15, 0.2) is 0 Å². The molecule has 0 radical (unpaired) electrons. The highest BCUT2D eigenvalue weighted by Gasteiger charge is 2.27. The molecule has 122 valence electrons. The molecule has 6 nitrogen and oxygen atoms in total. The van der Waals surface area contributed by atoms with Crippen LogP contribution in [-0.4, -0.2) is 44.6 Å². The van der Waals surface area contributed by atoms with Gasteiger partial charge in [-0.05, 0) is 49.9 Å². The van der Waals surface area contributed by atoms with E-state index in [9.17, 15) is 13.2 Å². The number of hydrogen-bond donors (Lipinski definition) is 2. The topological polar surface area (TPSA) is 92.5 Å². The van der Waals surface area contributed by atoms with Crippen molar-refractivity contribution >= 4 is 21.6 Å². The smallest absolute Gasteiger partial charge is 0.254 e. The van der Waals surface area contributed by atoms with Crippen LogP contribution in [0.5, 0.6) is 0 Å². The molecule has 0 spiro atoms. The summed E-state index contributed by atoms with van der Waals surface area (Å²) in [5.41, 5.74) is 6.90. The van der Waals surface area contributed by atoms with Gasteiger partial charge in [-0.1, -0.05) is 0 Å². The van der Waals surface area contributed by atoms with E-state index in [1.807, 2.05) is 4.90 Å². The number of anilines is 1. The van der Waals surface area contributed by atoms with Gasteiger partial charge in [-0.15, -0.1) is 0 Å². The summed E-state index contributed by atoms with van der Waals surface area (Å²) in [6.07, 6.45) is 4.73. The first-order chi connectivity index (χ1) is 10.4. The third-order valence-corrected chi connectivity index (χ3v) is 4.62. The van der Waals surface area contributed by atoms with Crippen LogP contribution in [0.1, 0.15) is 36.0 Å². The fourth-order valence-electron chi connectivity index (χ4n) is 2.77. The number of piperidine rings is 1. The predicted octanol–water partition coefficient (Wildman–Crippen LogP) is 1.20. The number of benzene rings is 1. The minimum Gasteiger partial charge on any atom is -0.399 e. The van der Waals surface area contributed by atoms with E-state index in [-0.39, 0.29) is 11.9 Å². The van der Waals surface area contributed by atoms with Gasteiger partial charge in [0.2, 0.25) is 10.0 Å². The highest BCUT2D eigenvalue weighted by Crippen LogP contribution is 2.22. The van der Waals surface area contributed by atoms with Gasteiger partial charge in [0, 0.05) is 30.4 Å². The van der Waals surface area contributed by atoms with E-state index >= 15 is 0 Å². The fraction of sp³-hybridized carbons (Fsp3) is 0.533. The molecule has 1 aromatic rings. The molecule has 1 fully saturated rings. The lowest BCUT2D eigenvalue weighted by Crippen LogP contribution is -2.45. The molecule has 0 aromatic heterocycles. The molecule has 0 aliphatic carbocycles. The second-order valence-corrected chi connectivity index (χ2v) is 7.56. The summed E-state index contributed by atoms with van der Waals surface area (Å²) in [5.74, 6) is -0.0101. The Hall–Kier alpha value is -1.60. The van der Waals surface area contributed by atoms with E-state index in [4.69, 9.17) is 5.73 Å². The van der Waals surface area contributed by atoms with Crippen LogP contribution < -0.4 is 10.5 Å². The normalized spacial score (nSPS) is 19.1. The molecular formula is C15H23N3O3S. The molecule has 0 bridgehead atoms.